The van der Waals surface area contributed by atoms with Crippen LogP contribution in [0.3, 0.4) is 0 Å². The van der Waals surface area contributed by atoms with Crippen molar-refractivity contribution in [2.45, 2.75) is 4.90 Å². The zero-order valence-electron chi connectivity index (χ0n) is 16.6. The molecule has 0 atom stereocenters. The average Bonchev–Trinajstić information content (AvgIpc) is 2.78. The maximum Gasteiger partial charge on any atom is 0.264 e. The molecule has 31 heavy (non-hydrogen) atoms. The third kappa shape index (κ3) is 5.42. The first-order valence-corrected chi connectivity index (χ1v) is 11.1. The van der Waals surface area contributed by atoms with Gasteiger partial charge in [-0.15, -0.1) is 0 Å². The van der Waals surface area contributed by atoms with Crippen LogP contribution in [0, 0.1) is 0 Å². The average molecular weight is 458 g/mol. The van der Waals surface area contributed by atoms with Crippen LogP contribution < -0.4 is 14.9 Å². The molecule has 7 nitrogen and oxygen atoms in total. The fourth-order valence-electron chi connectivity index (χ4n) is 2.78. The van der Waals surface area contributed by atoms with Crippen molar-refractivity contribution >= 4 is 44.8 Å². The lowest BCUT2D eigenvalue weighted by Gasteiger charge is -2.20. The van der Waals surface area contributed by atoms with E-state index >= 15 is 0 Å². The van der Waals surface area contributed by atoms with Gasteiger partial charge in [-0.25, -0.2) is 8.42 Å². The van der Waals surface area contributed by atoms with Crippen LogP contribution in [-0.2, 0) is 14.8 Å². The van der Waals surface area contributed by atoms with E-state index in [2.05, 4.69) is 10.6 Å². The fraction of sp³-hybridized carbons (Fsp3) is 0.0909. The predicted octanol–water partition coefficient (Wildman–Crippen LogP) is 3.53. The number of nitrogens with zero attached hydrogens (tertiary/aromatic N) is 1. The topological polar surface area (TPSA) is 95.6 Å². The Morgan fingerprint density at radius 3 is 2.32 bits per heavy atom. The lowest BCUT2D eigenvalue weighted by atomic mass is 10.2. The number of amides is 2. The molecule has 3 aromatic rings. The minimum absolute atomic E-state index is 0.0248. The molecule has 0 aliphatic rings. The first-order chi connectivity index (χ1) is 14.8. The molecular formula is C22H20ClN3O4S. The molecule has 3 rings (SSSR count). The third-order valence-corrected chi connectivity index (χ3v) is 6.54. The van der Waals surface area contributed by atoms with E-state index in [1.54, 1.807) is 60.7 Å². The lowest BCUT2D eigenvalue weighted by molar-refractivity contribution is -0.115. The minimum Gasteiger partial charge on any atom is -0.343 e. The first-order valence-electron chi connectivity index (χ1n) is 9.25. The van der Waals surface area contributed by atoms with Crippen molar-refractivity contribution in [1.29, 1.82) is 0 Å². The molecule has 0 heterocycles. The van der Waals surface area contributed by atoms with Gasteiger partial charge < -0.3 is 10.6 Å². The van der Waals surface area contributed by atoms with Crippen molar-refractivity contribution in [2.24, 2.45) is 0 Å². The Kier molecular flexibility index (Phi) is 6.94. The molecule has 0 saturated carbocycles. The van der Waals surface area contributed by atoms with Crippen LogP contribution in [-0.4, -0.2) is 33.8 Å². The molecular weight excluding hydrogens is 438 g/mol. The zero-order valence-corrected chi connectivity index (χ0v) is 18.2. The van der Waals surface area contributed by atoms with Gasteiger partial charge in [-0.05, 0) is 42.5 Å². The number of sulfonamides is 1. The fourth-order valence-corrected chi connectivity index (χ4v) is 4.24. The number of halogens is 1. The van der Waals surface area contributed by atoms with Crippen molar-refractivity contribution in [3.63, 3.8) is 0 Å². The van der Waals surface area contributed by atoms with Crippen LogP contribution in [0.15, 0.2) is 83.8 Å². The van der Waals surface area contributed by atoms with Crippen LogP contribution in [0.2, 0.25) is 5.02 Å². The van der Waals surface area contributed by atoms with Crippen molar-refractivity contribution in [1.82, 2.24) is 5.32 Å². The van der Waals surface area contributed by atoms with Crippen LogP contribution in [0.5, 0.6) is 0 Å². The standard InChI is InChI=1S/C22H20ClN3O4S/c1-26(17-9-3-2-4-10-17)31(29,30)18-11-7-8-16(14-18)25-21(27)15-24-22(28)19-12-5-6-13-20(19)23/h2-14H,15H2,1H3,(H,24,28)(H,25,27). The SMILES string of the molecule is CN(c1ccccc1)S(=O)(=O)c1cccc(NC(=O)CNC(=O)c2ccccc2Cl)c1. The maximum absolute atomic E-state index is 12.9. The van der Waals surface area contributed by atoms with Crippen LogP contribution in [0.1, 0.15) is 10.4 Å². The monoisotopic (exact) mass is 457 g/mol. The van der Waals surface area contributed by atoms with Gasteiger partial charge in [-0.1, -0.05) is 48.0 Å². The molecule has 0 aliphatic heterocycles. The molecule has 0 saturated heterocycles. The Hall–Kier alpha value is -3.36. The summed E-state index contributed by atoms with van der Waals surface area (Å²) in [5, 5.41) is 5.35. The second kappa shape index (κ2) is 9.63. The Morgan fingerprint density at radius 2 is 1.61 bits per heavy atom. The predicted molar refractivity (Wildman–Crippen MR) is 121 cm³/mol. The van der Waals surface area contributed by atoms with Gasteiger partial charge in [-0.2, -0.15) is 0 Å². The zero-order chi connectivity index (χ0) is 22.4. The number of benzene rings is 3. The second-order valence-corrected chi connectivity index (χ2v) is 8.92. The molecule has 0 bridgehead atoms. The van der Waals surface area contributed by atoms with Gasteiger partial charge in [0.2, 0.25) is 5.91 Å². The Morgan fingerprint density at radius 1 is 0.935 bits per heavy atom. The van der Waals surface area contributed by atoms with Gasteiger partial charge in [0.1, 0.15) is 0 Å². The summed E-state index contributed by atoms with van der Waals surface area (Å²) >= 11 is 5.97. The van der Waals surface area contributed by atoms with E-state index in [0.29, 0.717) is 11.4 Å². The number of hydrogen-bond acceptors (Lipinski definition) is 4. The first kappa shape index (κ1) is 22.3. The molecule has 0 unspecified atom stereocenters. The van der Waals surface area contributed by atoms with Crippen molar-refractivity contribution in [3.05, 3.63) is 89.4 Å². The van der Waals surface area contributed by atoms with Gasteiger partial charge >= 0.3 is 0 Å². The number of carbonyl (C=O) groups excluding carboxylic acids is 2. The van der Waals surface area contributed by atoms with E-state index in [9.17, 15) is 18.0 Å². The van der Waals surface area contributed by atoms with Gasteiger partial charge in [0.15, 0.2) is 0 Å². The smallest absolute Gasteiger partial charge is 0.264 e. The number of hydrogen-bond donors (Lipinski definition) is 2. The van der Waals surface area contributed by atoms with Crippen molar-refractivity contribution in [2.75, 3.05) is 23.2 Å². The highest BCUT2D eigenvalue weighted by atomic mass is 35.5. The molecule has 2 N–H and O–H groups in total. The normalized spacial score (nSPS) is 10.9. The highest BCUT2D eigenvalue weighted by Gasteiger charge is 2.21. The summed E-state index contributed by atoms with van der Waals surface area (Å²) in [6, 6.07) is 21.1. The van der Waals surface area contributed by atoms with Crippen LogP contribution in [0.4, 0.5) is 11.4 Å². The summed E-state index contributed by atoms with van der Waals surface area (Å²) in [4.78, 5) is 24.4. The molecule has 0 spiro atoms. The number of rotatable bonds is 7. The summed E-state index contributed by atoms with van der Waals surface area (Å²) in [6.45, 7) is -0.301. The van der Waals surface area contributed by atoms with Crippen molar-refractivity contribution < 1.29 is 18.0 Å². The largest absolute Gasteiger partial charge is 0.343 e. The van der Waals surface area contributed by atoms with Crippen LogP contribution in [0.25, 0.3) is 0 Å². The number of nitrogens with one attached hydrogen (secondary N) is 2. The Bertz CT molecular complexity index is 1200. The minimum atomic E-state index is -3.82. The van der Waals surface area contributed by atoms with E-state index < -0.39 is 21.8 Å². The maximum atomic E-state index is 12.9. The summed E-state index contributed by atoms with van der Waals surface area (Å²) in [5.74, 6) is -0.993. The van der Waals surface area contributed by atoms with Crippen molar-refractivity contribution in [3.8, 4) is 0 Å². The molecule has 0 aliphatic carbocycles. The molecule has 160 valence electrons. The van der Waals surface area contributed by atoms with E-state index in [4.69, 9.17) is 11.6 Å². The van der Waals surface area contributed by atoms with E-state index in [-0.39, 0.29) is 22.0 Å². The highest BCUT2D eigenvalue weighted by Crippen LogP contribution is 2.23. The summed E-state index contributed by atoms with van der Waals surface area (Å²) in [5.41, 5.74) is 1.06. The summed E-state index contributed by atoms with van der Waals surface area (Å²) < 4.78 is 27.0. The number of para-hydroxylation sites is 1. The Balaban J connectivity index is 1.67. The molecule has 0 fully saturated rings. The second-order valence-electron chi connectivity index (χ2n) is 6.55. The quantitative estimate of drug-likeness (QED) is 0.567. The van der Waals surface area contributed by atoms with Gasteiger partial charge in [0.25, 0.3) is 15.9 Å². The molecule has 0 radical (unpaired) electrons. The summed E-state index contributed by atoms with van der Waals surface area (Å²) in [6.07, 6.45) is 0. The van der Waals surface area contributed by atoms with E-state index in [1.165, 1.54) is 25.2 Å². The number of carbonyl (C=O) groups is 2. The van der Waals surface area contributed by atoms with E-state index in [0.717, 1.165) is 4.31 Å². The highest BCUT2D eigenvalue weighted by molar-refractivity contribution is 7.92. The lowest BCUT2D eigenvalue weighted by Crippen LogP contribution is -2.33. The molecule has 9 heteroatoms. The molecule has 3 aromatic carbocycles. The number of anilines is 2. The van der Waals surface area contributed by atoms with Gasteiger partial charge in [-0.3, -0.25) is 13.9 Å². The third-order valence-electron chi connectivity index (χ3n) is 4.42. The van der Waals surface area contributed by atoms with Gasteiger partial charge in [0.05, 0.1) is 27.7 Å². The van der Waals surface area contributed by atoms with E-state index in [1.807, 2.05) is 0 Å². The van der Waals surface area contributed by atoms with Crippen LogP contribution >= 0.6 is 11.6 Å². The Labute approximate surface area is 185 Å². The molecule has 0 aromatic heterocycles. The van der Waals surface area contributed by atoms with Gasteiger partial charge in [0, 0.05) is 12.7 Å². The summed E-state index contributed by atoms with van der Waals surface area (Å²) in [7, 11) is -2.36. The molecule has 2 amide bonds.